The van der Waals surface area contributed by atoms with Crippen molar-refractivity contribution in [2.75, 3.05) is 0 Å². The van der Waals surface area contributed by atoms with E-state index in [4.69, 9.17) is 4.74 Å². The Balaban J connectivity index is 1.58. The zero-order chi connectivity index (χ0) is 22.6. The van der Waals surface area contributed by atoms with Gasteiger partial charge in [0.25, 0.3) is 0 Å². The standard InChI is InChI=1S/C28H24O3S/c1-28(2,22-15-17-23(29)18-16-22)31-27(30)21-13-19-26(20-14-21)32(24-9-5-3-6-10-24)25-11-7-4-8-12-25/h3-20H,1-2H3/p+1. The number of carbonyl (C=O) groups is 1. The molecule has 0 fully saturated rings. The van der Waals surface area contributed by atoms with Gasteiger partial charge in [0.15, 0.2) is 14.7 Å². The summed E-state index contributed by atoms with van der Waals surface area (Å²) in [6.07, 6.45) is 0. The molecule has 4 heteroatoms. The maximum absolute atomic E-state index is 12.9. The van der Waals surface area contributed by atoms with Gasteiger partial charge in [0.1, 0.15) is 11.4 Å². The van der Waals surface area contributed by atoms with Crippen molar-refractivity contribution >= 4 is 16.9 Å². The Morgan fingerprint density at radius 2 is 1.16 bits per heavy atom. The number of carbonyl (C=O) groups excluding carboxylic acids is 1. The predicted octanol–water partition coefficient (Wildman–Crippen LogP) is 6.58. The van der Waals surface area contributed by atoms with Gasteiger partial charge in [-0.05, 0) is 80.1 Å². The van der Waals surface area contributed by atoms with Crippen molar-refractivity contribution in [1.29, 1.82) is 0 Å². The maximum atomic E-state index is 12.9. The summed E-state index contributed by atoms with van der Waals surface area (Å²) in [6.45, 7) is 3.68. The summed E-state index contributed by atoms with van der Waals surface area (Å²) < 4.78 is 5.80. The van der Waals surface area contributed by atoms with Crippen LogP contribution >= 0.6 is 0 Å². The quantitative estimate of drug-likeness (QED) is 0.272. The largest absolute Gasteiger partial charge is 0.508 e. The predicted molar refractivity (Wildman–Crippen MR) is 128 cm³/mol. The summed E-state index contributed by atoms with van der Waals surface area (Å²) in [5.74, 6) is -0.201. The van der Waals surface area contributed by atoms with Crippen LogP contribution < -0.4 is 0 Å². The van der Waals surface area contributed by atoms with Gasteiger partial charge in [0.05, 0.1) is 16.5 Å². The number of hydrogen-bond donors (Lipinski definition) is 1. The number of phenols is 1. The number of hydrogen-bond acceptors (Lipinski definition) is 3. The van der Waals surface area contributed by atoms with E-state index in [0.29, 0.717) is 5.56 Å². The first-order valence-electron chi connectivity index (χ1n) is 10.4. The van der Waals surface area contributed by atoms with Gasteiger partial charge in [-0.2, -0.15) is 0 Å². The third kappa shape index (κ3) is 4.87. The summed E-state index contributed by atoms with van der Waals surface area (Å²) >= 11 is 0. The van der Waals surface area contributed by atoms with E-state index < -0.39 is 5.60 Å². The second-order valence-corrected chi connectivity index (χ2v) is 9.93. The number of esters is 1. The molecule has 4 aromatic rings. The fourth-order valence-corrected chi connectivity index (χ4v) is 5.54. The molecule has 0 aliphatic carbocycles. The van der Waals surface area contributed by atoms with Gasteiger partial charge in [-0.3, -0.25) is 0 Å². The molecule has 0 spiro atoms. The summed E-state index contributed by atoms with van der Waals surface area (Å²) in [6, 6.07) is 35.2. The highest BCUT2D eigenvalue weighted by atomic mass is 32.2. The fraction of sp³-hybridized carbons (Fsp3) is 0.107. The minimum Gasteiger partial charge on any atom is -0.508 e. The minimum atomic E-state index is -0.818. The van der Waals surface area contributed by atoms with Crippen molar-refractivity contribution in [1.82, 2.24) is 0 Å². The van der Waals surface area contributed by atoms with Crippen molar-refractivity contribution in [2.45, 2.75) is 34.1 Å². The van der Waals surface area contributed by atoms with E-state index in [0.717, 1.165) is 10.5 Å². The highest BCUT2D eigenvalue weighted by Gasteiger charge is 2.30. The molecule has 0 bridgehead atoms. The SMILES string of the molecule is CC(C)(OC(=O)c1ccc([S+](c2ccccc2)c2ccccc2)cc1)c1ccc(O)cc1. The number of phenolic OH excluding ortho intramolecular Hbond substituents is 1. The van der Waals surface area contributed by atoms with Crippen LogP contribution in [0.3, 0.4) is 0 Å². The van der Waals surface area contributed by atoms with Crippen LogP contribution in [-0.2, 0) is 21.2 Å². The van der Waals surface area contributed by atoms with E-state index in [9.17, 15) is 9.90 Å². The Kier molecular flexibility index (Phi) is 6.33. The monoisotopic (exact) mass is 441 g/mol. The summed E-state index contributed by atoms with van der Waals surface area (Å²) in [5, 5.41) is 9.51. The summed E-state index contributed by atoms with van der Waals surface area (Å²) in [7, 11) is -0.263. The highest BCUT2D eigenvalue weighted by Crippen LogP contribution is 2.32. The van der Waals surface area contributed by atoms with Gasteiger partial charge in [-0.1, -0.05) is 48.5 Å². The Hall–Kier alpha value is -3.50. The van der Waals surface area contributed by atoms with Crippen LogP contribution in [0.5, 0.6) is 5.75 Å². The molecule has 1 N–H and O–H groups in total. The second-order valence-electron chi connectivity index (χ2n) is 7.90. The van der Waals surface area contributed by atoms with Crippen LogP contribution in [0.2, 0.25) is 0 Å². The van der Waals surface area contributed by atoms with Gasteiger partial charge < -0.3 is 9.84 Å². The molecule has 0 aromatic heterocycles. The zero-order valence-electron chi connectivity index (χ0n) is 18.1. The third-order valence-corrected chi connectivity index (χ3v) is 7.42. The lowest BCUT2D eigenvalue weighted by Crippen LogP contribution is -2.25. The summed E-state index contributed by atoms with van der Waals surface area (Å²) in [4.78, 5) is 16.4. The Morgan fingerprint density at radius 1 is 0.688 bits per heavy atom. The van der Waals surface area contributed by atoms with Crippen molar-refractivity contribution in [3.8, 4) is 5.75 Å². The van der Waals surface area contributed by atoms with Crippen molar-refractivity contribution in [3.63, 3.8) is 0 Å². The van der Waals surface area contributed by atoms with E-state index in [1.54, 1.807) is 24.3 Å². The van der Waals surface area contributed by atoms with Gasteiger partial charge in [-0.25, -0.2) is 4.79 Å². The van der Waals surface area contributed by atoms with Gasteiger partial charge in [-0.15, -0.1) is 0 Å². The van der Waals surface area contributed by atoms with E-state index in [1.165, 1.54) is 9.79 Å². The smallest absolute Gasteiger partial charge is 0.338 e. The van der Waals surface area contributed by atoms with Crippen molar-refractivity contribution < 1.29 is 14.6 Å². The van der Waals surface area contributed by atoms with Crippen LogP contribution in [0.1, 0.15) is 29.8 Å². The Labute approximate surface area is 191 Å². The third-order valence-electron chi connectivity index (χ3n) is 5.19. The van der Waals surface area contributed by atoms with E-state index in [1.807, 2.05) is 50.2 Å². The molecule has 0 amide bonds. The molecule has 0 aliphatic rings. The molecule has 4 aromatic carbocycles. The number of ether oxygens (including phenoxy) is 1. The zero-order valence-corrected chi connectivity index (χ0v) is 18.9. The Morgan fingerprint density at radius 3 is 1.66 bits per heavy atom. The molecule has 0 radical (unpaired) electrons. The molecule has 0 saturated carbocycles. The average molecular weight is 442 g/mol. The molecule has 0 heterocycles. The maximum Gasteiger partial charge on any atom is 0.338 e. The lowest BCUT2D eigenvalue weighted by Gasteiger charge is -2.25. The van der Waals surface area contributed by atoms with E-state index >= 15 is 0 Å². The van der Waals surface area contributed by atoms with Crippen molar-refractivity contribution in [2.24, 2.45) is 0 Å². The first-order valence-corrected chi connectivity index (χ1v) is 11.6. The number of aromatic hydroxyl groups is 1. The lowest BCUT2D eigenvalue weighted by molar-refractivity contribution is -0.00314. The van der Waals surface area contributed by atoms with Gasteiger partial charge in [0, 0.05) is 0 Å². The van der Waals surface area contributed by atoms with Crippen LogP contribution in [0, 0.1) is 0 Å². The van der Waals surface area contributed by atoms with Crippen molar-refractivity contribution in [3.05, 3.63) is 120 Å². The molecule has 0 saturated heterocycles. The molecule has 0 unspecified atom stereocenters. The molecule has 0 atom stereocenters. The normalized spacial score (nSPS) is 11.3. The topological polar surface area (TPSA) is 46.5 Å². The molecule has 160 valence electrons. The molecular formula is C28H25O3S+. The van der Waals surface area contributed by atoms with E-state index in [-0.39, 0.29) is 22.6 Å². The molecule has 0 aliphatic heterocycles. The lowest BCUT2D eigenvalue weighted by atomic mass is 9.98. The first kappa shape index (κ1) is 21.7. The fourth-order valence-electron chi connectivity index (χ4n) is 3.46. The molecule has 4 rings (SSSR count). The second kappa shape index (κ2) is 9.33. The molecule has 32 heavy (non-hydrogen) atoms. The van der Waals surface area contributed by atoms with E-state index in [2.05, 4.69) is 48.5 Å². The number of benzene rings is 4. The van der Waals surface area contributed by atoms with Gasteiger partial charge in [0.2, 0.25) is 0 Å². The Bertz CT molecular complexity index is 1130. The first-order chi connectivity index (χ1) is 15.4. The van der Waals surface area contributed by atoms with Crippen LogP contribution in [0.4, 0.5) is 0 Å². The van der Waals surface area contributed by atoms with Crippen LogP contribution in [0.25, 0.3) is 0 Å². The minimum absolute atomic E-state index is 0.179. The van der Waals surface area contributed by atoms with Crippen LogP contribution in [-0.4, -0.2) is 11.1 Å². The van der Waals surface area contributed by atoms with Gasteiger partial charge >= 0.3 is 5.97 Å². The molecule has 3 nitrogen and oxygen atoms in total. The number of rotatable bonds is 6. The highest BCUT2D eigenvalue weighted by molar-refractivity contribution is 7.97. The van der Waals surface area contributed by atoms with Crippen LogP contribution in [0.15, 0.2) is 124 Å². The average Bonchev–Trinajstić information content (AvgIpc) is 2.81. The summed E-state index contributed by atoms with van der Waals surface area (Å²) in [5.41, 5.74) is 0.502. The molecular weight excluding hydrogens is 416 g/mol.